The van der Waals surface area contributed by atoms with Crippen LogP contribution >= 0.6 is 0 Å². The first-order valence-corrected chi connectivity index (χ1v) is 3.89. The first-order chi connectivity index (χ1) is 6.31. The number of aliphatic hydroxyl groups is 1. The lowest BCUT2D eigenvalue weighted by atomic mass is 10.1. The summed E-state index contributed by atoms with van der Waals surface area (Å²) >= 11 is 0. The summed E-state index contributed by atoms with van der Waals surface area (Å²) in [7, 11) is 1.58. The van der Waals surface area contributed by atoms with Gasteiger partial charge in [0.2, 0.25) is 0 Å². The zero-order valence-electron chi connectivity index (χ0n) is 7.36. The second-order valence-corrected chi connectivity index (χ2v) is 2.54. The van der Waals surface area contributed by atoms with E-state index in [9.17, 15) is 0 Å². The van der Waals surface area contributed by atoms with E-state index >= 15 is 0 Å². The van der Waals surface area contributed by atoms with Gasteiger partial charge in [0, 0.05) is 12.6 Å². The highest BCUT2D eigenvalue weighted by Crippen LogP contribution is 2.04. The molecule has 0 amide bonds. The summed E-state index contributed by atoms with van der Waals surface area (Å²) in [4.78, 5) is 3.83. The van der Waals surface area contributed by atoms with Gasteiger partial charge < -0.3 is 5.11 Å². The van der Waals surface area contributed by atoms with E-state index in [-0.39, 0.29) is 6.61 Å². The summed E-state index contributed by atoms with van der Waals surface area (Å²) in [6, 6.07) is 7.10. The number of nitrogens with zero attached hydrogens (tertiary/aromatic N) is 1. The van der Waals surface area contributed by atoms with Crippen LogP contribution in [0.5, 0.6) is 0 Å². The van der Waals surface area contributed by atoms with Crippen LogP contribution in [0.1, 0.15) is 11.1 Å². The average molecular weight is 180 g/mol. The van der Waals surface area contributed by atoms with Crippen LogP contribution in [0.25, 0.3) is 0 Å². The second kappa shape index (κ2) is 4.59. The zero-order chi connectivity index (χ0) is 9.68. The monoisotopic (exact) mass is 180 g/mol. The molecule has 0 spiro atoms. The van der Waals surface area contributed by atoms with Crippen molar-refractivity contribution in [3.05, 3.63) is 35.4 Å². The largest absolute Gasteiger partial charge is 0.392 e. The van der Waals surface area contributed by atoms with Crippen LogP contribution in [0.3, 0.4) is 0 Å². The normalized spacial score (nSPS) is 11.5. The molecule has 0 bridgehead atoms. The smallest absolute Gasteiger partial charge is 0.151 e. The van der Waals surface area contributed by atoms with Crippen molar-refractivity contribution >= 4 is 5.84 Å². The van der Waals surface area contributed by atoms with Crippen molar-refractivity contribution in [2.24, 2.45) is 4.99 Å². The number of hydrogen-bond acceptors (Lipinski definition) is 3. The third-order valence-corrected chi connectivity index (χ3v) is 1.74. The van der Waals surface area contributed by atoms with E-state index in [2.05, 4.69) is 4.99 Å². The minimum absolute atomic E-state index is 0.0193. The summed E-state index contributed by atoms with van der Waals surface area (Å²) in [5, 5.41) is 17.5. The number of rotatable bonds is 2. The highest BCUT2D eigenvalue weighted by Gasteiger charge is 1.99. The first-order valence-electron chi connectivity index (χ1n) is 3.89. The van der Waals surface area contributed by atoms with Crippen LogP contribution < -0.4 is 5.48 Å². The predicted molar refractivity (Wildman–Crippen MR) is 49.7 cm³/mol. The molecular weight excluding hydrogens is 168 g/mol. The van der Waals surface area contributed by atoms with Crippen LogP contribution in [-0.2, 0) is 6.61 Å². The lowest BCUT2D eigenvalue weighted by Crippen LogP contribution is -2.19. The number of hydroxylamine groups is 1. The van der Waals surface area contributed by atoms with Crippen LogP contribution in [0.4, 0.5) is 0 Å². The van der Waals surface area contributed by atoms with Crippen LogP contribution in [0, 0.1) is 0 Å². The Balaban J connectivity index is 2.91. The Morgan fingerprint density at radius 1 is 1.38 bits per heavy atom. The van der Waals surface area contributed by atoms with Gasteiger partial charge in [-0.2, -0.15) is 0 Å². The van der Waals surface area contributed by atoms with Gasteiger partial charge in [0.05, 0.1) is 6.61 Å². The first kappa shape index (κ1) is 9.70. The third-order valence-electron chi connectivity index (χ3n) is 1.74. The maximum atomic E-state index is 8.79. The van der Waals surface area contributed by atoms with E-state index < -0.39 is 0 Å². The van der Waals surface area contributed by atoms with Crippen molar-refractivity contribution in [1.82, 2.24) is 5.48 Å². The quantitative estimate of drug-likeness (QED) is 0.353. The molecule has 0 aliphatic rings. The van der Waals surface area contributed by atoms with Crippen molar-refractivity contribution in [2.75, 3.05) is 7.05 Å². The van der Waals surface area contributed by atoms with Crippen molar-refractivity contribution in [1.29, 1.82) is 0 Å². The van der Waals surface area contributed by atoms with Gasteiger partial charge in [-0.1, -0.05) is 24.3 Å². The summed E-state index contributed by atoms with van der Waals surface area (Å²) in [6.07, 6.45) is 0. The van der Waals surface area contributed by atoms with Crippen molar-refractivity contribution < 1.29 is 10.3 Å². The summed E-state index contributed by atoms with van der Waals surface area (Å²) in [5.74, 6) is 0.407. The Labute approximate surface area is 76.5 Å². The third kappa shape index (κ3) is 2.27. The van der Waals surface area contributed by atoms with Gasteiger partial charge in [-0.25, -0.2) is 0 Å². The highest BCUT2D eigenvalue weighted by atomic mass is 16.5. The Hall–Kier alpha value is -1.39. The molecule has 13 heavy (non-hydrogen) atoms. The minimum atomic E-state index is 0.0193. The summed E-state index contributed by atoms with van der Waals surface area (Å²) < 4.78 is 0. The van der Waals surface area contributed by atoms with Gasteiger partial charge >= 0.3 is 0 Å². The van der Waals surface area contributed by atoms with Crippen LogP contribution in [-0.4, -0.2) is 23.2 Å². The number of aliphatic imine (C=N–C) groups is 1. The molecule has 4 nitrogen and oxygen atoms in total. The zero-order valence-corrected chi connectivity index (χ0v) is 7.36. The SMILES string of the molecule is CN=C(NO)c1ccc(CO)cc1. The number of benzene rings is 1. The lowest BCUT2D eigenvalue weighted by Gasteiger charge is -2.03. The lowest BCUT2D eigenvalue weighted by molar-refractivity contribution is 0.235. The number of aliphatic hydroxyl groups excluding tert-OH is 1. The summed E-state index contributed by atoms with van der Waals surface area (Å²) in [6.45, 7) is 0.0193. The molecule has 1 aromatic carbocycles. The summed E-state index contributed by atoms with van der Waals surface area (Å²) in [5.41, 5.74) is 3.60. The molecule has 0 atom stereocenters. The average Bonchev–Trinajstić information content (AvgIpc) is 2.21. The highest BCUT2D eigenvalue weighted by molar-refractivity contribution is 5.97. The standard InChI is InChI=1S/C9H12N2O2/c1-10-9(11-13)8-4-2-7(6-12)3-5-8/h2-5,12-13H,6H2,1H3,(H,10,11). The van der Waals surface area contributed by atoms with E-state index in [1.807, 2.05) is 5.48 Å². The predicted octanol–water partition coefficient (Wildman–Crippen LogP) is 0.534. The topological polar surface area (TPSA) is 64.9 Å². The molecule has 0 radical (unpaired) electrons. The van der Waals surface area contributed by atoms with Gasteiger partial charge in [-0.15, -0.1) is 0 Å². The fraction of sp³-hybridized carbons (Fsp3) is 0.222. The molecule has 3 N–H and O–H groups in total. The van der Waals surface area contributed by atoms with Gasteiger partial charge in [0.1, 0.15) is 0 Å². The molecule has 4 heteroatoms. The molecule has 0 aliphatic carbocycles. The molecule has 0 heterocycles. The van der Waals surface area contributed by atoms with Gasteiger partial charge in [-0.05, 0) is 5.56 Å². The van der Waals surface area contributed by atoms with E-state index in [4.69, 9.17) is 10.3 Å². The molecular formula is C9H12N2O2. The second-order valence-electron chi connectivity index (χ2n) is 2.54. The van der Waals surface area contributed by atoms with E-state index in [1.54, 1.807) is 31.3 Å². The Bertz CT molecular complexity index is 293. The van der Waals surface area contributed by atoms with Crippen molar-refractivity contribution in [3.63, 3.8) is 0 Å². The van der Waals surface area contributed by atoms with Crippen LogP contribution in [0.15, 0.2) is 29.3 Å². The minimum Gasteiger partial charge on any atom is -0.392 e. The molecule has 0 unspecified atom stereocenters. The molecule has 0 saturated carbocycles. The van der Waals surface area contributed by atoms with Gasteiger partial charge in [-0.3, -0.25) is 15.7 Å². The Morgan fingerprint density at radius 2 is 2.00 bits per heavy atom. The molecule has 1 rings (SSSR count). The maximum Gasteiger partial charge on any atom is 0.151 e. The number of hydrogen-bond donors (Lipinski definition) is 3. The molecule has 0 saturated heterocycles. The number of nitrogens with one attached hydrogen (secondary N) is 1. The van der Waals surface area contributed by atoms with Gasteiger partial charge in [0.25, 0.3) is 0 Å². The van der Waals surface area contributed by atoms with Crippen molar-refractivity contribution in [3.8, 4) is 0 Å². The fourth-order valence-electron chi connectivity index (χ4n) is 1.01. The Morgan fingerprint density at radius 3 is 2.38 bits per heavy atom. The molecule has 0 fully saturated rings. The maximum absolute atomic E-state index is 8.79. The Kier molecular flexibility index (Phi) is 3.42. The van der Waals surface area contributed by atoms with Crippen molar-refractivity contribution in [2.45, 2.75) is 6.61 Å². The van der Waals surface area contributed by atoms with E-state index in [1.165, 1.54) is 0 Å². The van der Waals surface area contributed by atoms with E-state index in [0.29, 0.717) is 5.84 Å². The van der Waals surface area contributed by atoms with Gasteiger partial charge in [0.15, 0.2) is 5.84 Å². The molecule has 0 aromatic heterocycles. The molecule has 70 valence electrons. The molecule has 1 aromatic rings. The number of amidine groups is 1. The fourth-order valence-corrected chi connectivity index (χ4v) is 1.01. The van der Waals surface area contributed by atoms with E-state index in [0.717, 1.165) is 11.1 Å². The molecule has 0 aliphatic heterocycles. The van der Waals surface area contributed by atoms with Crippen LogP contribution in [0.2, 0.25) is 0 Å².